The first-order valence-electron chi connectivity index (χ1n) is 5.43. The van der Waals surface area contributed by atoms with Gasteiger partial charge in [-0.3, -0.25) is 0 Å². The van der Waals surface area contributed by atoms with Crippen LogP contribution >= 0.6 is 15.9 Å². The molecule has 0 unspecified atom stereocenters. The van der Waals surface area contributed by atoms with Gasteiger partial charge in [0.1, 0.15) is 0 Å². The molecule has 16 heavy (non-hydrogen) atoms. The number of aryl methyl sites for hydroxylation is 1. The Kier molecular flexibility index (Phi) is 3.67. The van der Waals surface area contributed by atoms with Gasteiger partial charge < -0.3 is 10.3 Å². The minimum absolute atomic E-state index is 0.859. The maximum absolute atomic E-state index is 3.49. The molecule has 0 spiro atoms. The average molecular weight is 279 g/mol. The lowest BCUT2D eigenvalue weighted by Gasteiger charge is -2.10. The zero-order chi connectivity index (χ0) is 11.4. The summed E-state index contributed by atoms with van der Waals surface area (Å²) in [6.07, 6.45) is 4.99. The first kappa shape index (κ1) is 11.3. The van der Waals surface area contributed by atoms with E-state index in [-0.39, 0.29) is 0 Å². The minimum atomic E-state index is 0.859. The number of halogens is 1. The van der Waals surface area contributed by atoms with Gasteiger partial charge in [0.2, 0.25) is 0 Å². The highest BCUT2D eigenvalue weighted by atomic mass is 79.9. The van der Waals surface area contributed by atoms with Crippen LogP contribution in [-0.2, 0) is 13.0 Å². The van der Waals surface area contributed by atoms with E-state index in [0.29, 0.717) is 0 Å². The fourth-order valence-electron chi connectivity index (χ4n) is 1.69. The normalized spacial score (nSPS) is 10.4. The van der Waals surface area contributed by atoms with Crippen molar-refractivity contribution in [1.82, 2.24) is 4.98 Å². The van der Waals surface area contributed by atoms with Crippen LogP contribution in [-0.4, -0.2) is 4.98 Å². The first-order chi connectivity index (χ1) is 7.79. The molecule has 0 bridgehead atoms. The lowest BCUT2D eigenvalue weighted by molar-refractivity contribution is 1.09. The molecule has 84 valence electrons. The first-order valence-corrected chi connectivity index (χ1v) is 6.23. The van der Waals surface area contributed by atoms with E-state index in [2.05, 4.69) is 57.4 Å². The van der Waals surface area contributed by atoms with Crippen LogP contribution in [0.3, 0.4) is 0 Å². The molecule has 2 aromatic rings. The second-order valence-corrected chi connectivity index (χ2v) is 4.64. The van der Waals surface area contributed by atoms with Gasteiger partial charge in [-0.25, -0.2) is 0 Å². The lowest BCUT2D eigenvalue weighted by atomic mass is 10.1. The number of nitrogens with one attached hydrogen (secondary N) is 2. The second-order valence-electron chi connectivity index (χ2n) is 3.73. The van der Waals surface area contributed by atoms with E-state index < -0.39 is 0 Å². The SMILES string of the molecule is CCc1cc(Br)ccc1NCc1cc[nH]c1. The molecule has 2 rings (SSSR count). The molecule has 3 heteroatoms. The van der Waals surface area contributed by atoms with Gasteiger partial charge in [-0.2, -0.15) is 0 Å². The molecular weight excluding hydrogens is 264 g/mol. The van der Waals surface area contributed by atoms with Crippen molar-refractivity contribution in [3.8, 4) is 0 Å². The largest absolute Gasteiger partial charge is 0.381 e. The fourth-order valence-corrected chi connectivity index (χ4v) is 2.10. The number of hydrogen-bond donors (Lipinski definition) is 2. The van der Waals surface area contributed by atoms with Crippen molar-refractivity contribution in [1.29, 1.82) is 0 Å². The second kappa shape index (κ2) is 5.21. The number of anilines is 1. The Morgan fingerprint density at radius 1 is 1.31 bits per heavy atom. The predicted octanol–water partition coefficient (Wildman–Crippen LogP) is 3.95. The van der Waals surface area contributed by atoms with Crippen molar-refractivity contribution in [2.45, 2.75) is 19.9 Å². The third-order valence-corrected chi connectivity index (χ3v) is 3.09. The molecule has 0 saturated heterocycles. The van der Waals surface area contributed by atoms with E-state index in [1.807, 2.05) is 12.4 Å². The van der Waals surface area contributed by atoms with Gasteiger partial charge in [0.15, 0.2) is 0 Å². The Bertz CT molecular complexity index is 449. The van der Waals surface area contributed by atoms with Crippen molar-refractivity contribution in [3.05, 3.63) is 52.3 Å². The molecule has 0 radical (unpaired) electrons. The highest BCUT2D eigenvalue weighted by molar-refractivity contribution is 9.10. The molecular formula is C13H15BrN2. The minimum Gasteiger partial charge on any atom is -0.381 e. The number of aromatic amines is 1. The van der Waals surface area contributed by atoms with Crippen LogP contribution in [0.2, 0.25) is 0 Å². The van der Waals surface area contributed by atoms with Crippen LogP contribution in [0.25, 0.3) is 0 Å². The summed E-state index contributed by atoms with van der Waals surface area (Å²) < 4.78 is 1.14. The Morgan fingerprint density at radius 3 is 2.88 bits per heavy atom. The zero-order valence-corrected chi connectivity index (χ0v) is 10.8. The Labute approximate surface area is 104 Å². The van der Waals surface area contributed by atoms with Gasteiger partial charge >= 0.3 is 0 Å². The molecule has 1 heterocycles. The molecule has 2 nitrogen and oxygen atoms in total. The van der Waals surface area contributed by atoms with Crippen LogP contribution < -0.4 is 5.32 Å². The molecule has 0 aliphatic heterocycles. The number of benzene rings is 1. The van der Waals surface area contributed by atoms with E-state index >= 15 is 0 Å². The van der Waals surface area contributed by atoms with Gasteiger partial charge in [-0.1, -0.05) is 22.9 Å². The van der Waals surface area contributed by atoms with E-state index in [0.717, 1.165) is 17.4 Å². The molecule has 0 saturated carbocycles. The summed E-state index contributed by atoms with van der Waals surface area (Å²) in [7, 11) is 0. The summed E-state index contributed by atoms with van der Waals surface area (Å²) in [5.74, 6) is 0. The van der Waals surface area contributed by atoms with Gasteiger partial charge in [-0.05, 0) is 41.8 Å². The molecule has 0 atom stereocenters. The summed E-state index contributed by atoms with van der Waals surface area (Å²) in [5, 5.41) is 3.45. The quantitative estimate of drug-likeness (QED) is 0.871. The highest BCUT2D eigenvalue weighted by Crippen LogP contribution is 2.22. The number of aromatic nitrogens is 1. The van der Waals surface area contributed by atoms with Gasteiger partial charge in [0.05, 0.1) is 0 Å². The Hall–Kier alpha value is -1.22. The Balaban J connectivity index is 2.09. The number of H-pyrrole nitrogens is 1. The summed E-state index contributed by atoms with van der Waals surface area (Å²) in [4.78, 5) is 3.06. The van der Waals surface area contributed by atoms with Crippen molar-refractivity contribution in [3.63, 3.8) is 0 Å². The highest BCUT2D eigenvalue weighted by Gasteiger charge is 2.01. The number of rotatable bonds is 4. The van der Waals surface area contributed by atoms with Crippen molar-refractivity contribution >= 4 is 21.6 Å². The topological polar surface area (TPSA) is 27.8 Å². The van der Waals surface area contributed by atoms with E-state index in [4.69, 9.17) is 0 Å². The lowest BCUT2D eigenvalue weighted by Crippen LogP contribution is -2.01. The molecule has 0 aliphatic carbocycles. The van der Waals surface area contributed by atoms with Crippen molar-refractivity contribution in [2.24, 2.45) is 0 Å². The van der Waals surface area contributed by atoms with Crippen LogP contribution in [0.1, 0.15) is 18.1 Å². The third-order valence-electron chi connectivity index (χ3n) is 2.59. The monoisotopic (exact) mass is 278 g/mol. The molecule has 1 aromatic carbocycles. The van der Waals surface area contributed by atoms with E-state index in [1.54, 1.807) is 0 Å². The molecule has 1 aromatic heterocycles. The predicted molar refractivity (Wildman–Crippen MR) is 71.6 cm³/mol. The smallest absolute Gasteiger partial charge is 0.0415 e. The molecule has 0 fully saturated rings. The molecule has 0 aliphatic rings. The maximum Gasteiger partial charge on any atom is 0.0415 e. The summed E-state index contributed by atoms with van der Waals surface area (Å²) in [6.45, 7) is 3.03. The van der Waals surface area contributed by atoms with Crippen molar-refractivity contribution < 1.29 is 0 Å². The number of hydrogen-bond acceptors (Lipinski definition) is 1. The fraction of sp³-hybridized carbons (Fsp3) is 0.231. The van der Waals surface area contributed by atoms with Gasteiger partial charge in [0.25, 0.3) is 0 Å². The van der Waals surface area contributed by atoms with Gasteiger partial charge in [-0.15, -0.1) is 0 Å². The standard InChI is InChI=1S/C13H15BrN2/c1-2-11-7-12(14)3-4-13(11)16-9-10-5-6-15-8-10/h3-8,15-16H,2,9H2,1H3. The van der Waals surface area contributed by atoms with E-state index in [9.17, 15) is 0 Å². The van der Waals surface area contributed by atoms with Crippen molar-refractivity contribution in [2.75, 3.05) is 5.32 Å². The summed E-state index contributed by atoms with van der Waals surface area (Å²) >= 11 is 3.49. The zero-order valence-electron chi connectivity index (χ0n) is 9.26. The molecule has 2 N–H and O–H groups in total. The van der Waals surface area contributed by atoms with Crippen LogP contribution in [0.5, 0.6) is 0 Å². The average Bonchev–Trinajstić information content (AvgIpc) is 2.80. The van der Waals surface area contributed by atoms with Crippen LogP contribution in [0.4, 0.5) is 5.69 Å². The van der Waals surface area contributed by atoms with Crippen LogP contribution in [0, 0.1) is 0 Å². The summed E-state index contributed by atoms with van der Waals surface area (Å²) in [5.41, 5.74) is 3.82. The summed E-state index contributed by atoms with van der Waals surface area (Å²) in [6, 6.07) is 8.44. The third kappa shape index (κ3) is 2.67. The molecule has 0 amide bonds. The maximum atomic E-state index is 3.49. The Morgan fingerprint density at radius 2 is 2.19 bits per heavy atom. The van der Waals surface area contributed by atoms with E-state index in [1.165, 1.54) is 16.8 Å². The van der Waals surface area contributed by atoms with Crippen LogP contribution in [0.15, 0.2) is 41.1 Å². The van der Waals surface area contributed by atoms with Gasteiger partial charge in [0, 0.05) is 29.1 Å².